The van der Waals surface area contributed by atoms with E-state index in [0.29, 0.717) is 19.5 Å². The summed E-state index contributed by atoms with van der Waals surface area (Å²) in [5.74, 6) is 0. The van der Waals surface area contributed by atoms with Gasteiger partial charge in [0.2, 0.25) is 0 Å². The zero-order valence-electron chi connectivity index (χ0n) is 8.95. The van der Waals surface area contributed by atoms with Crippen molar-refractivity contribution >= 4 is 82.1 Å². The Morgan fingerprint density at radius 3 is 2.37 bits per heavy atom. The smallest absolute Gasteiger partial charge is 0.271 e. The molecule has 0 fully saturated rings. The Morgan fingerprint density at radius 2 is 1.79 bits per heavy atom. The number of benzene rings is 1. The number of hydrogen-bond donors (Lipinski definition) is 1. The summed E-state index contributed by atoms with van der Waals surface area (Å²) in [5, 5.41) is 0.666. The molecule has 0 spiro atoms. The van der Waals surface area contributed by atoms with Crippen molar-refractivity contribution in [3.05, 3.63) is 42.6 Å². The predicted octanol–water partition coefficient (Wildman–Crippen LogP) is 5.38. The molecule has 0 unspecified atom stereocenters. The predicted molar refractivity (Wildman–Crippen MR) is 87.0 cm³/mol. The Hall–Kier alpha value is 0.210. The van der Waals surface area contributed by atoms with Crippen LogP contribution in [0.4, 0.5) is 5.69 Å². The van der Waals surface area contributed by atoms with Crippen LogP contribution in [0, 0.1) is 0 Å². The summed E-state index contributed by atoms with van der Waals surface area (Å²) in [5.41, 5.74) is 0.302. The van der Waals surface area contributed by atoms with Crippen molar-refractivity contribution in [1.82, 2.24) is 0 Å². The molecule has 0 aliphatic heterocycles. The summed E-state index contributed by atoms with van der Waals surface area (Å²) in [4.78, 5) is 0. The number of sulfonamides is 1. The summed E-state index contributed by atoms with van der Waals surface area (Å²) < 4.78 is 28.2. The fraction of sp³-hybridized carbons (Fsp3) is 0. The van der Waals surface area contributed by atoms with Gasteiger partial charge in [-0.25, -0.2) is 8.42 Å². The van der Waals surface area contributed by atoms with Gasteiger partial charge in [0.1, 0.15) is 4.21 Å². The second-order valence-corrected chi connectivity index (χ2v) is 9.43. The molecule has 2 aromatic rings. The minimum absolute atomic E-state index is 0.111. The van der Waals surface area contributed by atoms with Gasteiger partial charge in [-0.15, -0.1) is 11.3 Å². The summed E-state index contributed by atoms with van der Waals surface area (Å²) >= 11 is 19.2. The van der Waals surface area contributed by atoms with Crippen molar-refractivity contribution in [1.29, 1.82) is 0 Å². The molecule has 2 rings (SSSR count). The van der Waals surface area contributed by atoms with Crippen molar-refractivity contribution in [3.8, 4) is 0 Å². The Balaban J connectivity index is 2.39. The minimum atomic E-state index is -3.71. The molecule has 0 saturated carbocycles. The molecular formula is C10H5Br2Cl2NO2S2. The second-order valence-electron chi connectivity index (χ2n) is 3.42. The summed E-state index contributed by atoms with van der Waals surface area (Å²) in [6.07, 6.45) is 0. The van der Waals surface area contributed by atoms with Gasteiger partial charge in [0, 0.05) is 4.47 Å². The third-order valence-corrected chi connectivity index (χ3v) is 7.20. The van der Waals surface area contributed by atoms with Gasteiger partial charge in [-0.1, -0.05) is 39.1 Å². The first-order chi connectivity index (χ1) is 8.79. The average Bonchev–Trinajstić information content (AvgIpc) is 2.65. The van der Waals surface area contributed by atoms with Gasteiger partial charge >= 0.3 is 0 Å². The summed E-state index contributed by atoms with van der Waals surface area (Å²) in [7, 11) is -3.71. The minimum Gasteiger partial charge on any atom is -0.277 e. The number of nitrogens with one attached hydrogen (secondary N) is 1. The van der Waals surface area contributed by atoms with Crippen LogP contribution in [-0.2, 0) is 10.0 Å². The number of anilines is 1. The first kappa shape index (κ1) is 15.6. The maximum absolute atomic E-state index is 12.2. The number of halogens is 4. The van der Waals surface area contributed by atoms with Gasteiger partial charge in [-0.05, 0) is 40.2 Å². The van der Waals surface area contributed by atoms with Gasteiger partial charge < -0.3 is 0 Å². The van der Waals surface area contributed by atoms with E-state index in [2.05, 4.69) is 36.6 Å². The third-order valence-electron chi connectivity index (χ3n) is 2.06. The molecule has 1 N–H and O–H groups in total. The number of hydrogen-bond acceptors (Lipinski definition) is 3. The highest BCUT2D eigenvalue weighted by atomic mass is 79.9. The van der Waals surface area contributed by atoms with Crippen molar-refractivity contribution in [2.75, 3.05) is 4.72 Å². The first-order valence-electron chi connectivity index (χ1n) is 4.72. The lowest BCUT2D eigenvalue weighted by atomic mass is 10.3. The van der Waals surface area contributed by atoms with Crippen LogP contribution in [0.5, 0.6) is 0 Å². The van der Waals surface area contributed by atoms with Crippen LogP contribution < -0.4 is 4.72 Å². The normalized spacial score (nSPS) is 11.6. The average molecular weight is 466 g/mol. The Labute approximate surface area is 141 Å². The molecule has 19 heavy (non-hydrogen) atoms. The van der Waals surface area contributed by atoms with E-state index in [1.54, 1.807) is 18.2 Å². The van der Waals surface area contributed by atoms with Crippen molar-refractivity contribution < 1.29 is 8.42 Å². The Kier molecular flexibility index (Phi) is 4.85. The molecule has 0 aliphatic carbocycles. The lowest BCUT2D eigenvalue weighted by molar-refractivity contribution is 0.603. The maximum atomic E-state index is 12.2. The zero-order valence-corrected chi connectivity index (χ0v) is 15.3. The van der Waals surface area contributed by atoms with Gasteiger partial charge in [0.15, 0.2) is 0 Å². The molecule has 0 aliphatic rings. The van der Waals surface area contributed by atoms with E-state index in [0.717, 1.165) is 15.8 Å². The van der Waals surface area contributed by atoms with E-state index in [4.69, 9.17) is 23.2 Å². The molecule has 3 nitrogen and oxygen atoms in total. The fourth-order valence-electron chi connectivity index (χ4n) is 1.23. The van der Waals surface area contributed by atoms with Crippen LogP contribution >= 0.6 is 66.4 Å². The molecule has 0 radical (unpaired) electrons. The second kappa shape index (κ2) is 5.91. The lowest BCUT2D eigenvalue weighted by Crippen LogP contribution is -2.11. The van der Waals surface area contributed by atoms with Crippen LogP contribution in [0.15, 0.2) is 36.7 Å². The van der Waals surface area contributed by atoms with E-state index in [1.165, 1.54) is 6.07 Å². The number of rotatable bonds is 3. The first-order valence-corrected chi connectivity index (χ1v) is 9.36. The quantitative estimate of drug-likeness (QED) is 0.661. The highest BCUT2D eigenvalue weighted by Gasteiger charge is 2.20. The molecule has 0 atom stereocenters. The number of thiophene rings is 1. The van der Waals surface area contributed by atoms with Gasteiger partial charge in [-0.3, -0.25) is 4.72 Å². The van der Waals surface area contributed by atoms with Crippen LogP contribution in [0.2, 0.25) is 10.0 Å². The summed E-state index contributed by atoms with van der Waals surface area (Å²) in [6.45, 7) is 0. The molecule has 0 saturated heterocycles. The molecule has 9 heteroatoms. The van der Waals surface area contributed by atoms with E-state index < -0.39 is 10.0 Å². The highest BCUT2D eigenvalue weighted by Crippen LogP contribution is 2.36. The van der Waals surface area contributed by atoms with Crippen LogP contribution in [0.3, 0.4) is 0 Å². The Morgan fingerprint density at radius 1 is 1.11 bits per heavy atom. The molecular weight excluding hydrogens is 461 g/mol. The third kappa shape index (κ3) is 3.65. The fourth-order valence-corrected chi connectivity index (χ4v) is 5.28. The topological polar surface area (TPSA) is 46.2 Å². The molecule has 1 aromatic heterocycles. The van der Waals surface area contributed by atoms with Crippen LogP contribution in [-0.4, -0.2) is 8.42 Å². The van der Waals surface area contributed by atoms with Crippen molar-refractivity contribution in [2.24, 2.45) is 0 Å². The van der Waals surface area contributed by atoms with Crippen LogP contribution in [0.25, 0.3) is 0 Å². The molecule has 102 valence electrons. The van der Waals surface area contributed by atoms with Crippen LogP contribution in [0.1, 0.15) is 0 Å². The van der Waals surface area contributed by atoms with E-state index >= 15 is 0 Å². The van der Waals surface area contributed by atoms with E-state index in [1.807, 2.05) is 0 Å². The van der Waals surface area contributed by atoms with Gasteiger partial charge in [0.05, 0.1) is 19.5 Å². The molecule has 1 aromatic carbocycles. The van der Waals surface area contributed by atoms with Gasteiger partial charge in [-0.2, -0.15) is 0 Å². The van der Waals surface area contributed by atoms with E-state index in [9.17, 15) is 8.42 Å². The SMILES string of the molecule is O=S(=O)(Nc1cc(Br)ccc1Cl)c1cc(Cl)c(Br)s1. The van der Waals surface area contributed by atoms with Crippen molar-refractivity contribution in [2.45, 2.75) is 4.21 Å². The largest absolute Gasteiger partial charge is 0.277 e. The molecule has 1 heterocycles. The molecule has 0 amide bonds. The van der Waals surface area contributed by atoms with Gasteiger partial charge in [0.25, 0.3) is 10.0 Å². The zero-order chi connectivity index (χ0) is 14.2. The maximum Gasteiger partial charge on any atom is 0.271 e. The lowest BCUT2D eigenvalue weighted by Gasteiger charge is -2.08. The molecule has 0 bridgehead atoms. The van der Waals surface area contributed by atoms with Crippen molar-refractivity contribution in [3.63, 3.8) is 0 Å². The Bertz CT molecular complexity index is 712. The summed E-state index contributed by atoms with van der Waals surface area (Å²) in [6, 6.07) is 6.29. The van der Waals surface area contributed by atoms with E-state index in [-0.39, 0.29) is 4.21 Å². The highest BCUT2D eigenvalue weighted by molar-refractivity contribution is 9.11. The monoisotopic (exact) mass is 463 g/mol. The standard InChI is InChI=1S/C10H5Br2Cl2NO2S2/c11-5-1-2-6(13)8(3-5)15-19(16,17)9-4-7(14)10(12)18-9/h1-4,15H.